The van der Waals surface area contributed by atoms with E-state index in [9.17, 15) is 4.79 Å². The molecule has 1 saturated heterocycles. The lowest BCUT2D eigenvalue weighted by Crippen LogP contribution is -2.44. The van der Waals surface area contributed by atoms with Gasteiger partial charge in [0.05, 0.1) is 5.69 Å². The molecule has 2 N–H and O–H groups in total. The predicted molar refractivity (Wildman–Crippen MR) is 88.8 cm³/mol. The van der Waals surface area contributed by atoms with E-state index in [0.29, 0.717) is 16.6 Å². The first-order valence-corrected chi connectivity index (χ1v) is 8.12. The van der Waals surface area contributed by atoms with E-state index in [4.69, 9.17) is 5.73 Å². The Hall–Kier alpha value is -1.59. The lowest BCUT2D eigenvalue weighted by molar-refractivity contribution is 0.0665. The van der Waals surface area contributed by atoms with Gasteiger partial charge in [-0.1, -0.05) is 18.2 Å². The second-order valence-corrected chi connectivity index (χ2v) is 6.84. The van der Waals surface area contributed by atoms with Gasteiger partial charge in [-0.2, -0.15) is 0 Å². The Balaban J connectivity index is 1.84. The summed E-state index contributed by atoms with van der Waals surface area (Å²) in [6.45, 7) is 2.09. The Morgan fingerprint density at radius 1 is 1.33 bits per heavy atom. The number of benzene rings is 1. The van der Waals surface area contributed by atoms with Crippen molar-refractivity contribution in [2.75, 3.05) is 32.9 Å². The molecule has 21 heavy (non-hydrogen) atoms. The number of anilines is 1. The van der Waals surface area contributed by atoms with Gasteiger partial charge in [-0.05, 0) is 39.0 Å². The molecule has 1 aliphatic heterocycles. The van der Waals surface area contributed by atoms with E-state index in [2.05, 4.69) is 11.9 Å². The van der Waals surface area contributed by atoms with Crippen molar-refractivity contribution in [3.63, 3.8) is 0 Å². The summed E-state index contributed by atoms with van der Waals surface area (Å²) >= 11 is 1.50. The standard InChI is InChI=1S/C16H21N3OS/c1-18-9-7-11(8-10-18)19(2)16(20)15-14(17)12-5-3-4-6-13(12)21-15/h3-6,11H,7-10,17H2,1-2H3. The minimum absolute atomic E-state index is 0.0586. The highest BCUT2D eigenvalue weighted by molar-refractivity contribution is 7.21. The molecule has 0 unspecified atom stereocenters. The SMILES string of the molecule is CN1CCC(N(C)C(=O)c2sc3ccccc3c2N)CC1. The lowest BCUT2D eigenvalue weighted by Gasteiger charge is -2.35. The smallest absolute Gasteiger partial charge is 0.266 e. The summed E-state index contributed by atoms with van der Waals surface area (Å²) in [5.74, 6) is 0.0586. The molecule has 5 heteroatoms. The van der Waals surface area contributed by atoms with E-state index in [1.807, 2.05) is 36.2 Å². The monoisotopic (exact) mass is 303 g/mol. The number of fused-ring (bicyclic) bond motifs is 1. The highest BCUT2D eigenvalue weighted by Crippen LogP contribution is 2.34. The van der Waals surface area contributed by atoms with Gasteiger partial charge in [-0.25, -0.2) is 0 Å². The normalized spacial score (nSPS) is 17.2. The van der Waals surface area contributed by atoms with Crippen LogP contribution < -0.4 is 5.73 Å². The Labute approximate surface area is 129 Å². The van der Waals surface area contributed by atoms with Crippen LogP contribution in [0.3, 0.4) is 0 Å². The first-order chi connectivity index (χ1) is 10.1. The average Bonchev–Trinajstić information content (AvgIpc) is 2.84. The quantitative estimate of drug-likeness (QED) is 0.928. The number of piperidine rings is 1. The fraction of sp³-hybridized carbons (Fsp3) is 0.438. The third-order valence-corrected chi connectivity index (χ3v) is 5.56. The number of thiophene rings is 1. The molecule has 0 saturated carbocycles. The van der Waals surface area contributed by atoms with Crippen molar-refractivity contribution in [1.82, 2.24) is 9.80 Å². The number of hydrogen-bond donors (Lipinski definition) is 1. The summed E-state index contributed by atoms with van der Waals surface area (Å²) in [7, 11) is 4.03. The third kappa shape index (κ3) is 2.63. The van der Waals surface area contributed by atoms with Crippen molar-refractivity contribution >= 4 is 33.0 Å². The van der Waals surface area contributed by atoms with Crippen molar-refractivity contribution in [2.24, 2.45) is 0 Å². The summed E-state index contributed by atoms with van der Waals surface area (Å²) in [6, 6.07) is 8.25. The molecule has 1 aliphatic rings. The fourth-order valence-corrected chi connectivity index (χ4v) is 4.04. The molecular formula is C16H21N3OS. The molecule has 112 valence electrons. The summed E-state index contributed by atoms with van der Waals surface area (Å²) in [5, 5.41) is 0.989. The molecule has 2 heterocycles. The zero-order valence-electron chi connectivity index (χ0n) is 12.5. The zero-order valence-corrected chi connectivity index (χ0v) is 13.3. The van der Waals surface area contributed by atoms with E-state index in [-0.39, 0.29) is 5.91 Å². The number of nitrogen functional groups attached to an aromatic ring is 1. The van der Waals surface area contributed by atoms with Crippen molar-refractivity contribution in [1.29, 1.82) is 0 Å². The van der Waals surface area contributed by atoms with E-state index in [1.165, 1.54) is 11.3 Å². The molecule has 1 aromatic heterocycles. The van der Waals surface area contributed by atoms with E-state index in [1.54, 1.807) is 0 Å². The topological polar surface area (TPSA) is 49.6 Å². The van der Waals surface area contributed by atoms with Crippen LogP contribution in [-0.4, -0.2) is 48.9 Å². The molecule has 4 nitrogen and oxygen atoms in total. The van der Waals surface area contributed by atoms with Crippen molar-refractivity contribution < 1.29 is 4.79 Å². The first-order valence-electron chi connectivity index (χ1n) is 7.30. The maximum Gasteiger partial charge on any atom is 0.266 e. The lowest BCUT2D eigenvalue weighted by atomic mass is 10.0. The number of nitrogens with zero attached hydrogens (tertiary/aromatic N) is 2. The predicted octanol–water partition coefficient (Wildman–Crippen LogP) is 2.65. The fourth-order valence-electron chi connectivity index (χ4n) is 2.93. The molecular weight excluding hydrogens is 282 g/mol. The van der Waals surface area contributed by atoms with Gasteiger partial charge in [0, 0.05) is 23.2 Å². The van der Waals surface area contributed by atoms with Crippen LogP contribution in [0.25, 0.3) is 10.1 Å². The van der Waals surface area contributed by atoms with Crippen LogP contribution in [0, 0.1) is 0 Å². The molecule has 0 aliphatic carbocycles. The Morgan fingerprint density at radius 3 is 2.67 bits per heavy atom. The van der Waals surface area contributed by atoms with Gasteiger partial charge < -0.3 is 15.5 Å². The molecule has 0 atom stereocenters. The van der Waals surface area contributed by atoms with Gasteiger partial charge in [0.2, 0.25) is 0 Å². The number of amides is 1. The van der Waals surface area contributed by atoms with E-state index >= 15 is 0 Å². The van der Waals surface area contributed by atoms with Crippen LogP contribution in [0.1, 0.15) is 22.5 Å². The van der Waals surface area contributed by atoms with Crippen molar-refractivity contribution in [2.45, 2.75) is 18.9 Å². The van der Waals surface area contributed by atoms with E-state index in [0.717, 1.165) is 36.0 Å². The number of likely N-dealkylation sites (tertiary alicyclic amines) is 1. The van der Waals surface area contributed by atoms with Crippen LogP contribution in [0.15, 0.2) is 24.3 Å². The number of hydrogen-bond acceptors (Lipinski definition) is 4. The van der Waals surface area contributed by atoms with Crippen LogP contribution >= 0.6 is 11.3 Å². The van der Waals surface area contributed by atoms with Gasteiger partial charge in [0.15, 0.2) is 0 Å². The molecule has 1 aromatic carbocycles. The summed E-state index contributed by atoms with van der Waals surface area (Å²) in [4.78, 5) is 17.6. The third-order valence-electron chi connectivity index (χ3n) is 4.38. The average molecular weight is 303 g/mol. The molecule has 0 spiro atoms. The van der Waals surface area contributed by atoms with Gasteiger partial charge in [-0.15, -0.1) is 11.3 Å². The van der Waals surface area contributed by atoms with Crippen LogP contribution in [0.4, 0.5) is 5.69 Å². The highest BCUT2D eigenvalue weighted by atomic mass is 32.1. The highest BCUT2D eigenvalue weighted by Gasteiger charge is 2.27. The zero-order chi connectivity index (χ0) is 15.0. The number of rotatable bonds is 2. The Bertz CT molecular complexity index is 659. The largest absolute Gasteiger partial charge is 0.397 e. The van der Waals surface area contributed by atoms with Gasteiger partial charge >= 0.3 is 0 Å². The minimum atomic E-state index is 0.0586. The number of carbonyl (C=O) groups is 1. The molecule has 1 amide bonds. The second-order valence-electron chi connectivity index (χ2n) is 5.79. The maximum absolute atomic E-state index is 12.8. The maximum atomic E-state index is 12.8. The molecule has 0 bridgehead atoms. The molecule has 0 radical (unpaired) electrons. The van der Waals surface area contributed by atoms with Crippen molar-refractivity contribution in [3.05, 3.63) is 29.1 Å². The first kappa shape index (κ1) is 14.4. The van der Waals surface area contributed by atoms with Gasteiger partial charge in [-0.3, -0.25) is 4.79 Å². The Morgan fingerprint density at radius 2 is 2.00 bits per heavy atom. The molecule has 3 rings (SSSR count). The van der Waals surface area contributed by atoms with Crippen LogP contribution in [-0.2, 0) is 0 Å². The molecule has 1 fully saturated rings. The van der Waals surface area contributed by atoms with Gasteiger partial charge in [0.1, 0.15) is 4.88 Å². The van der Waals surface area contributed by atoms with Crippen LogP contribution in [0.2, 0.25) is 0 Å². The number of nitrogens with two attached hydrogens (primary N) is 1. The summed E-state index contributed by atoms with van der Waals surface area (Å²) in [5.41, 5.74) is 6.81. The van der Waals surface area contributed by atoms with Gasteiger partial charge in [0.25, 0.3) is 5.91 Å². The Kier molecular flexibility index (Phi) is 3.87. The molecule has 2 aromatic rings. The van der Waals surface area contributed by atoms with E-state index < -0.39 is 0 Å². The summed E-state index contributed by atoms with van der Waals surface area (Å²) in [6.07, 6.45) is 2.06. The van der Waals surface area contributed by atoms with Crippen LogP contribution in [0.5, 0.6) is 0 Å². The summed E-state index contributed by atoms with van der Waals surface area (Å²) < 4.78 is 1.08. The second kappa shape index (κ2) is 5.66. The minimum Gasteiger partial charge on any atom is -0.397 e. The van der Waals surface area contributed by atoms with Crippen molar-refractivity contribution in [3.8, 4) is 0 Å². The number of carbonyl (C=O) groups excluding carboxylic acids is 1.